The third-order valence-electron chi connectivity index (χ3n) is 4.38. The topological polar surface area (TPSA) is 21.3 Å². The Balaban J connectivity index is 1.73. The van der Waals surface area contributed by atoms with E-state index in [-0.39, 0.29) is 0 Å². The minimum absolute atomic E-state index is 0.564. The minimum Gasteiger partial charge on any atom is -0.381 e. The molecule has 2 saturated carbocycles. The fraction of sp³-hybridized carbons (Fsp3) is 1.00. The van der Waals surface area contributed by atoms with Crippen molar-refractivity contribution in [2.75, 3.05) is 19.8 Å². The molecule has 0 atom stereocenters. The molecular formula is C15H29NO. The minimum atomic E-state index is 0.564. The van der Waals surface area contributed by atoms with Crippen molar-refractivity contribution in [3.8, 4) is 0 Å². The molecule has 0 aromatic rings. The summed E-state index contributed by atoms with van der Waals surface area (Å²) in [7, 11) is 0. The van der Waals surface area contributed by atoms with E-state index in [9.17, 15) is 0 Å². The van der Waals surface area contributed by atoms with E-state index in [0.29, 0.717) is 5.41 Å². The van der Waals surface area contributed by atoms with Gasteiger partial charge < -0.3 is 10.1 Å². The van der Waals surface area contributed by atoms with Crippen molar-refractivity contribution >= 4 is 0 Å². The molecule has 0 aromatic carbocycles. The van der Waals surface area contributed by atoms with Crippen molar-refractivity contribution in [1.29, 1.82) is 0 Å². The molecule has 2 heteroatoms. The van der Waals surface area contributed by atoms with Gasteiger partial charge in [0.1, 0.15) is 0 Å². The van der Waals surface area contributed by atoms with Crippen LogP contribution in [0.25, 0.3) is 0 Å². The lowest BCUT2D eigenvalue weighted by atomic mass is 9.72. The average Bonchev–Trinajstić information content (AvgIpc) is 3.18. The monoisotopic (exact) mass is 239 g/mol. The number of nitrogens with one attached hydrogen (secondary N) is 1. The molecule has 0 saturated heterocycles. The summed E-state index contributed by atoms with van der Waals surface area (Å²) in [6.07, 6.45) is 12.4. The van der Waals surface area contributed by atoms with E-state index < -0.39 is 0 Å². The maximum atomic E-state index is 5.71. The van der Waals surface area contributed by atoms with Crippen LogP contribution in [-0.2, 0) is 4.74 Å². The van der Waals surface area contributed by atoms with Crippen molar-refractivity contribution in [2.45, 2.75) is 70.8 Å². The molecule has 0 aromatic heterocycles. The zero-order chi connectivity index (χ0) is 12.0. The van der Waals surface area contributed by atoms with Crippen molar-refractivity contribution in [1.82, 2.24) is 5.32 Å². The van der Waals surface area contributed by atoms with Crippen LogP contribution in [0.5, 0.6) is 0 Å². The normalized spacial score (nSPS) is 23.8. The summed E-state index contributed by atoms with van der Waals surface area (Å²) >= 11 is 0. The molecule has 2 fully saturated rings. The second-order valence-corrected chi connectivity index (χ2v) is 6.08. The van der Waals surface area contributed by atoms with E-state index in [2.05, 4.69) is 12.2 Å². The number of ether oxygens (including phenoxy) is 1. The third-order valence-corrected chi connectivity index (χ3v) is 4.38. The fourth-order valence-corrected chi connectivity index (χ4v) is 3.00. The molecule has 100 valence electrons. The summed E-state index contributed by atoms with van der Waals surface area (Å²) in [5.74, 6) is 0. The summed E-state index contributed by atoms with van der Waals surface area (Å²) in [5.41, 5.74) is 0.564. The zero-order valence-corrected chi connectivity index (χ0v) is 11.5. The summed E-state index contributed by atoms with van der Waals surface area (Å²) in [4.78, 5) is 0. The molecule has 1 N–H and O–H groups in total. The van der Waals surface area contributed by atoms with Crippen LogP contribution in [0.4, 0.5) is 0 Å². The highest BCUT2D eigenvalue weighted by atomic mass is 16.5. The van der Waals surface area contributed by atoms with Gasteiger partial charge in [-0.25, -0.2) is 0 Å². The first-order valence-corrected chi connectivity index (χ1v) is 7.66. The van der Waals surface area contributed by atoms with Crippen LogP contribution in [-0.4, -0.2) is 25.8 Å². The van der Waals surface area contributed by atoms with Gasteiger partial charge in [-0.2, -0.15) is 0 Å². The Morgan fingerprint density at radius 1 is 1.12 bits per heavy atom. The van der Waals surface area contributed by atoms with E-state index in [1.165, 1.54) is 57.9 Å². The number of hydrogen-bond donors (Lipinski definition) is 1. The van der Waals surface area contributed by atoms with Crippen LogP contribution in [0.3, 0.4) is 0 Å². The zero-order valence-electron chi connectivity index (χ0n) is 11.5. The largest absolute Gasteiger partial charge is 0.381 e. The second-order valence-electron chi connectivity index (χ2n) is 6.08. The van der Waals surface area contributed by atoms with Gasteiger partial charge in [0.2, 0.25) is 0 Å². The van der Waals surface area contributed by atoms with Crippen molar-refractivity contribution in [3.05, 3.63) is 0 Å². The summed E-state index contributed by atoms with van der Waals surface area (Å²) < 4.78 is 5.71. The lowest BCUT2D eigenvalue weighted by Gasteiger charge is -2.37. The third kappa shape index (κ3) is 4.59. The van der Waals surface area contributed by atoms with Crippen LogP contribution in [0.2, 0.25) is 0 Å². The number of hydrogen-bond acceptors (Lipinski definition) is 2. The van der Waals surface area contributed by atoms with Gasteiger partial charge >= 0.3 is 0 Å². The van der Waals surface area contributed by atoms with Crippen molar-refractivity contribution < 1.29 is 4.74 Å². The Kier molecular flexibility index (Phi) is 5.30. The average molecular weight is 239 g/mol. The van der Waals surface area contributed by atoms with Gasteiger partial charge in [0.25, 0.3) is 0 Å². The molecule has 0 bridgehead atoms. The highest BCUT2D eigenvalue weighted by molar-refractivity contribution is 4.89. The molecule has 2 rings (SSSR count). The first-order valence-electron chi connectivity index (χ1n) is 7.66. The fourth-order valence-electron chi connectivity index (χ4n) is 3.00. The van der Waals surface area contributed by atoms with Crippen molar-refractivity contribution in [3.63, 3.8) is 0 Å². The molecule has 0 radical (unpaired) electrons. The molecule has 2 aliphatic rings. The van der Waals surface area contributed by atoms with E-state index >= 15 is 0 Å². The molecule has 0 aliphatic heterocycles. The van der Waals surface area contributed by atoms with Gasteiger partial charge in [-0.05, 0) is 43.9 Å². The predicted molar refractivity (Wildman–Crippen MR) is 72.3 cm³/mol. The molecular weight excluding hydrogens is 210 g/mol. The van der Waals surface area contributed by atoms with Crippen LogP contribution < -0.4 is 5.32 Å². The summed E-state index contributed by atoms with van der Waals surface area (Å²) in [5, 5.41) is 3.75. The second kappa shape index (κ2) is 6.75. The molecule has 0 spiro atoms. The molecule has 0 unspecified atom stereocenters. The Morgan fingerprint density at radius 2 is 1.88 bits per heavy atom. The standard InChI is InChI=1S/C15H29NO/c1-2-11-17-12-10-15(8-4-3-5-9-15)13-16-14-6-7-14/h14,16H,2-13H2,1H3. The molecule has 0 amide bonds. The first kappa shape index (κ1) is 13.4. The smallest absolute Gasteiger partial charge is 0.0471 e. The van der Waals surface area contributed by atoms with E-state index in [4.69, 9.17) is 4.74 Å². The van der Waals surface area contributed by atoms with E-state index in [1.54, 1.807) is 0 Å². The van der Waals surface area contributed by atoms with Gasteiger partial charge in [0.05, 0.1) is 0 Å². The van der Waals surface area contributed by atoms with Crippen LogP contribution in [0.15, 0.2) is 0 Å². The predicted octanol–water partition coefficient (Wildman–Crippen LogP) is 3.51. The highest BCUT2D eigenvalue weighted by Crippen LogP contribution is 2.39. The van der Waals surface area contributed by atoms with E-state index in [1.807, 2.05) is 0 Å². The lowest BCUT2D eigenvalue weighted by Crippen LogP contribution is -2.38. The maximum Gasteiger partial charge on any atom is 0.0471 e. The quantitative estimate of drug-likeness (QED) is 0.655. The molecule has 2 nitrogen and oxygen atoms in total. The summed E-state index contributed by atoms with van der Waals surface area (Å²) in [6, 6.07) is 0.852. The SMILES string of the molecule is CCCOCCC1(CNC2CC2)CCCCC1. The van der Waals surface area contributed by atoms with Crippen LogP contribution in [0, 0.1) is 5.41 Å². The molecule has 17 heavy (non-hydrogen) atoms. The number of rotatable bonds is 8. The van der Waals surface area contributed by atoms with Gasteiger partial charge in [-0.3, -0.25) is 0 Å². The Bertz CT molecular complexity index is 207. The van der Waals surface area contributed by atoms with Crippen molar-refractivity contribution in [2.24, 2.45) is 5.41 Å². The summed E-state index contributed by atoms with van der Waals surface area (Å²) in [6.45, 7) is 5.34. The molecule has 2 aliphatic carbocycles. The van der Waals surface area contributed by atoms with Gasteiger partial charge in [0.15, 0.2) is 0 Å². The lowest BCUT2D eigenvalue weighted by molar-refractivity contribution is 0.0730. The van der Waals surface area contributed by atoms with Gasteiger partial charge in [-0.1, -0.05) is 26.2 Å². The van der Waals surface area contributed by atoms with Gasteiger partial charge in [-0.15, -0.1) is 0 Å². The van der Waals surface area contributed by atoms with Crippen LogP contribution in [0.1, 0.15) is 64.7 Å². The Labute approximate surface area is 107 Å². The van der Waals surface area contributed by atoms with Gasteiger partial charge in [0, 0.05) is 25.8 Å². The van der Waals surface area contributed by atoms with Crippen LogP contribution >= 0.6 is 0 Å². The maximum absolute atomic E-state index is 5.71. The Hall–Kier alpha value is -0.0800. The van der Waals surface area contributed by atoms with E-state index in [0.717, 1.165) is 25.7 Å². The Morgan fingerprint density at radius 3 is 2.53 bits per heavy atom. The highest BCUT2D eigenvalue weighted by Gasteiger charge is 2.33. The first-order chi connectivity index (χ1) is 8.35. The molecule has 0 heterocycles.